The molecule has 31 heavy (non-hydrogen) atoms. The minimum Gasteiger partial charge on any atom is -0.391 e. The lowest BCUT2D eigenvalue weighted by atomic mass is 9.84. The summed E-state index contributed by atoms with van der Waals surface area (Å²) in [7, 11) is 0. The Kier molecular flexibility index (Phi) is 6.00. The molecule has 0 radical (unpaired) electrons. The van der Waals surface area contributed by atoms with Crippen LogP contribution in [0.15, 0.2) is 18.2 Å². The van der Waals surface area contributed by atoms with Gasteiger partial charge in [0.05, 0.1) is 12.1 Å². The van der Waals surface area contributed by atoms with E-state index in [4.69, 9.17) is 0 Å². The number of aliphatic hydroxyl groups is 1. The van der Waals surface area contributed by atoms with Crippen LogP contribution in [0.25, 0.3) is 11.5 Å². The molecule has 3 N–H and O–H groups in total. The van der Waals surface area contributed by atoms with Crippen LogP contribution in [-0.4, -0.2) is 43.2 Å². The van der Waals surface area contributed by atoms with Crippen LogP contribution in [0.2, 0.25) is 0 Å². The second-order valence-electron chi connectivity index (χ2n) is 8.63. The predicted octanol–water partition coefficient (Wildman–Crippen LogP) is 4.12. The van der Waals surface area contributed by atoms with Gasteiger partial charge in [-0.1, -0.05) is 19.4 Å². The Morgan fingerprint density at radius 1 is 1.03 bits per heavy atom. The summed E-state index contributed by atoms with van der Waals surface area (Å²) in [5.41, 5.74) is -0.989. The minimum absolute atomic E-state index is 0.0139. The summed E-state index contributed by atoms with van der Waals surface area (Å²) in [5, 5.41) is 16.9. The average Bonchev–Trinajstić information content (AvgIpc) is 3.56. The zero-order chi connectivity index (χ0) is 22.2. The van der Waals surface area contributed by atoms with Gasteiger partial charge in [-0.3, -0.25) is 0 Å². The molecule has 1 unspecified atom stereocenters. The number of aliphatic hydroxyl groups excluding tert-OH is 1. The summed E-state index contributed by atoms with van der Waals surface area (Å²) < 4.78 is 39.4. The molecule has 7 nitrogen and oxygen atoms in total. The lowest BCUT2D eigenvalue weighted by Gasteiger charge is -2.33. The molecule has 0 spiro atoms. The number of nitrogens with one attached hydrogen (secondary N) is 2. The molecule has 4 atom stereocenters. The van der Waals surface area contributed by atoms with Gasteiger partial charge in [0.1, 0.15) is 11.4 Å². The number of rotatable bonds is 6. The molecule has 4 rings (SSSR count). The van der Waals surface area contributed by atoms with Gasteiger partial charge >= 0.3 is 6.18 Å². The molecule has 2 aromatic heterocycles. The van der Waals surface area contributed by atoms with Gasteiger partial charge in [0.2, 0.25) is 11.9 Å². The smallest absolute Gasteiger partial charge is 0.391 e. The largest absolute Gasteiger partial charge is 0.433 e. The zero-order valence-electron chi connectivity index (χ0n) is 17.5. The van der Waals surface area contributed by atoms with Gasteiger partial charge in [0.25, 0.3) is 0 Å². The van der Waals surface area contributed by atoms with Crippen LogP contribution in [0.5, 0.6) is 0 Å². The van der Waals surface area contributed by atoms with Gasteiger partial charge in [0.15, 0.2) is 5.82 Å². The van der Waals surface area contributed by atoms with Gasteiger partial charge in [-0.05, 0) is 56.6 Å². The van der Waals surface area contributed by atoms with E-state index in [0.29, 0.717) is 5.92 Å². The van der Waals surface area contributed by atoms with Crippen LogP contribution in [0.3, 0.4) is 0 Å². The van der Waals surface area contributed by atoms with Crippen LogP contribution in [0.4, 0.5) is 25.1 Å². The summed E-state index contributed by atoms with van der Waals surface area (Å²) in [5.74, 6) is 1.22. The van der Waals surface area contributed by atoms with Crippen LogP contribution in [-0.2, 0) is 6.18 Å². The lowest BCUT2D eigenvalue weighted by Crippen LogP contribution is -2.41. The first-order chi connectivity index (χ1) is 14.7. The topological polar surface area (TPSA) is 95.9 Å². The summed E-state index contributed by atoms with van der Waals surface area (Å²) >= 11 is 0. The van der Waals surface area contributed by atoms with E-state index in [1.54, 1.807) is 0 Å². The van der Waals surface area contributed by atoms with Gasteiger partial charge in [-0.15, -0.1) is 0 Å². The van der Waals surface area contributed by atoms with E-state index in [0.717, 1.165) is 38.2 Å². The standard InChI is InChI=1S/C21H27F3N6O/c1-11-5-3-6-14(17(11)31)27-20-29-18(15-7-4-8-16(26-15)21(22,23)24)28-19(30-20)25-12(2)13-9-10-13/h4,7-8,11-14,17,31H,3,5-6,9-10H2,1-2H3,(H2,25,27,28,29,30)/t11?,12-,14+,17+/m1/s1. The Labute approximate surface area is 178 Å². The monoisotopic (exact) mass is 436 g/mol. The Bertz CT molecular complexity index is 920. The first-order valence-corrected chi connectivity index (χ1v) is 10.7. The minimum atomic E-state index is -4.56. The summed E-state index contributed by atoms with van der Waals surface area (Å²) in [6.45, 7) is 4.03. The van der Waals surface area contributed by atoms with Crippen molar-refractivity contribution in [3.05, 3.63) is 23.9 Å². The van der Waals surface area contributed by atoms with E-state index in [9.17, 15) is 18.3 Å². The summed E-state index contributed by atoms with van der Waals surface area (Å²) in [6, 6.07) is 3.55. The highest BCUT2D eigenvalue weighted by Gasteiger charge is 2.33. The van der Waals surface area contributed by atoms with Crippen molar-refractivity contribution in [2.75, 3.05) is 10.6 Å². The molecule has 0 saturated heterocycles. The Balaban J connectivity index is 1.66. The Hall–Kier alpha value is -2.49. The number of halogens is 3. The van der Waals surface area contributed by atoms with Crippen molar-refractivity contribution in [3.8, 4) is 11.5 Å². The van der Waals surface area contributed by atoms with Gasteiger partial charge in [-0.25, -0.2) is 4.98 Å². The van der Waals surface area contributed by atoms with Crippen LogP contribution < -0.4 is 10.6 Å². The normalized spacial score (nSPS) is 25.2. The molecule has 2 saturated carbocycles. The molecular formula is C21H27F3N6O. The average molecular weight is 436 g/mol. The molecular weight excluding hydrogens is 409 g/mol. The maximum atomic E-state index is 13.1. The number of anilines is 2. The van der Waals surface area contributed by atoms with E-state index in [2.05, 4.69) is 30.6 Å². The zero-order valence-corrected chi connectivity index (χ0v) is 17.5. The molecule has 0 amide bonds. The molecule has 168 valence electrons. The fraction of sp³-hybridized carbons (Fsp3) is 0.619. The first-order valence-electron chi connectivity index (χ1n) is 10.7. The third-order valence-corrected chi connectivity index (χ3v) is 6.07. The third kappa shape index (κ3) is 5.23. The van der Waals surface area contributed by atoms with Crippen molar-refractivity contribution >= 4 is 11.9 Å². The number of hydrogen-bond acceptors (Lipinski definition) is 7. The first kappa shape index (κ1) is 21.7. The van der Waals surface area contributed by atoms with Gasteiger partial charge in [0, 0.05) is 6.04 Å². The molecule has 2 heterocycles. The van der Waals surface area contributed by atoms with Crippen molar-refractivity contribution in [1.82, 2.24) is 19.9 Å². The quantitative estimate of drug-likeness (QED) is 0.627. The van der Waals surface area contributed by atoms with Crippen molar-refractivity contribution < 1.29 is 18.3 Å². The fourth-order valence-corrected chi connectivity index (χ4v) is 3.98. The Morgan fingerprint density at radius 3 is 2.48 bits per heavy atom. The molecule has 2 aromatic rings. The highest BCUT2D eigenvalue weighted by molar-refractivity contribution is 5.54. The highest BCUT2D eigenvalue weighted by atomic mass is 19.4. The number of nitrogens with zero attached hydrogens (tertiary/aromatic N) is 4. The molecule has 2 fully saturated rings. The second-order valence-corrected chi connectivity index (χ2v) is 8.63. The van der Waals surface area contributed by atoms with E-state index < -0.39 is 18.0 Å². The van der Waals surface area contributed by atoms with Crippen molar-refractivity contribution in [3.63, 3.8) is 0 Å². The lowest BCUT2D eigenvalue weighted by molar-refractivity contribution is -0.141. The van der Waals surface area contributed by atoms with Crippen molar-refractivity contribution in [2.24, 2.45) is 11.8 Å². The second kappa shape index (κ2) is 8.57. The Morgan fingerprint density at radius 2 is 1.77 bits per heavy atom. The molecule has 0 aromatic carbocycles. The maximum absolute atomic E-state index is 13.1. The predicted molar refractivity (Wildman–Crippen MR) is 110 cm³/mol. The van der Waals surface area contributed by atoms with Gasteiger partial charge < -0.3 is 15.7 Å². The van der Waals surface area contributed by atoms with Crippen LogP contribution in [0.1, 0.15) is 51.6 Å². The molecule has 10 heteroatoms. The SMILES string of the molecule is CC1CCC[C@H](Nc2nc(N[C@H](C)C3CC3)nc(-c3cccc(C(F)(F)F)n3)n2)[C@H]1O. The maximum Gasteiger partial charge on any atom is 0.433 e. The highest BCUT2D eigenvalue weighted by Crippen LogP contribution is 2.34. The number of alkyl halides is 3. The van der Waals surface area contributed by atoms with Gasteiger partial charge in [-0.2, -0.15) is 28.1 Å². The number of aromatic nitrogens is 4. The van der Waals surface area contributed by atoms with Crippen LogP contribution >= 0.6 is 0 Å². The summed E-state index contributed by atoms with van der Waals surface area (Å²) in [6.07, 6.45) is -0.197. The van der Waals surface area contributed by atoms with Crippen molar-refractivity contribution in [2.45, 2.75) is 70.3 Å². The van der Waals surface area contributed by atoms with Crippen LogP contribution in [0, 0.1) is 11.8 Å². The molecule has 2 aliphatic rings. The molecule has 2 aliphatic carbocycles. The number of pyridine rings is 1. The molecule has 0 bridgehead atoms. The summed E-state index contributed by atoms with van der Waals surface area (Å²) in [4.78, 5) is 16.8. The third-order valence-electron chi connectivity index (χ3n) is 6.07. The fourth-order valence-electron chi connectivity index (χ4n) is 3.98. The molecule has 0 aliphatic heterocycles. The van der Waals surface area contributed by atoms with E-state index >= 15 is 0 Å². The van der Waals surface area contributed by atoms with Crippen molar-refractivity contribution in [1.29, 1.82) is 0 Å². The number of hydrogen-bond donors (Lipinski definition) is 3. The van der Waals surface area contributed by atoms with E-state index in [1.165, 1.54) is 12.1 Å². The van der Waals surface area contributed by atoms with E-state index in [1.807, 2.05) is 13.8 Å². The van der Waals surface area contributed by atoms with E-state index in [-0.39, 0.29) is 41.4 Å².